The summed E-state index contributed by atoms with van der Waals surface area (Å²) in [6.07, 6.45) is 4.77. The standard InChI is InChI=1S/C13H16BrN3/c1-15-5-7-17-8-6-16-13(17)10-11-3-2-4-12(14)9-11/h2-4,6,8-9,15H,5,7,10H2,1H3. The van der Waals surface area contributed by atoms with Crippen molar-refractivity contribution in [2.24, 2.45) is 0 Å². The lowest BCUT2D eigenvalue weighted by Gasteiger charge is -2.07. The lowest BCUT2D eigenvalue weighted by Crippen LogP contribution is -2.16. The SMILES string of the molecule is CNCCn1ccnc1Cc1cccc(Br)c1. The first-order valence-corrected chi connectivity index (χ1v) is 6.48. The first-order chi connectivity index (χ1) is 8.29. The zero-order valence-corrected chi connectivity index (χ0v) is 11.4. The topological polar surface area (TPSA) is 29.9 Å². The van der Waals surface area contributed by atoms with Gasteiger partial charge in [-0.2, -0.15) is 0 Å². The van der Waals surface area contributed by atoms with Gasteiger partial charge in [-0.3, -0.25) is 0 Å². The van der Waals surface area contributed by atoms with Crippen molar-refractivity contribution >= 4 is 15.9 Å². The highest BCUT2D eigenvalue weighted by atomic mass is 79.9. The first-order valence-electron chi connectivity index (χ1n) is 5.68. The lowest BCUT2D eigenvalue weighted by molar-refractivity contribution is 0.621. The molecule has 1 N–H and O–H groups in total. The second kappa shape index (κ2) is 5.98. The minimum atomic E-state index is 0.871. The maximum atomic E-state index is 4.41. The highest BCUT2D eigenvalue weighted by Gasteiger charge is 2.03. The molecule has 0 saturated carbocycles. The summed E-state index contributed by atoms with van der Waals surface area (Å²) in [4.78, 5) is 4.41. The van der Waals surface area contributed by atoms with Crippen LogP contribution in [0.2, 0.25) is 0 Å². The Labute approximate surface area is 110 Å². The molecule has 4 heteroatoms. The number of hydrogen-bond donors (Lipinski definition) is 1. The number of rotatable bonds is 5. The van der Waals surface area contributed by atoms with Crippen molar-refractivity contribution < 1.29 is 0 Å². The third-order valence-electron chi connectivity index (χ3n) is 2.66. The molecule has 1 aromatic carbocycles. The molecule has 0 radical (unpaired) electrons. The Hall–Kier alpha value is -1.13. The van der Waals surface area contributed by atoms with E-state index < -0.39 is 0 Å². The number of hydrogen-bond acceptors (Lipinski definition) is 2. The van der Waals surface area contributed by atoms with Gasteiger partial charge in [-0.15, -0.1) is 0 Å². The van der Waals surface area contributed by atoms with Crippen molar-refractivity contribution in [3.05, 3.63) is 52.5 Å². The summed E-state index contributed by atoms with van der Waals surface area (Å²) in [6.45, 7) is 1.92. The predicted molar refractivity (Wildman–Crippen MR) is 73.1 cm³/mol. The molecule has 90 valence electrons. The Morgan fingerprint density at radius 1 is 1.41 bits per heavy atom. The Kier molecular flexibility index (Phi) is 4.34. The molecule has 17 heavy (non-hydrogen) atoms. The average molecular weight is 294 g/mol. The van der Waals surface area contributed by atoms with Gasteiger partial charge in [-0.25, -0.2) is 4.98 Å². The molecule has 2 rings (SSSR count). The zero-order chi connectivity index (χ0) is 12.1. The van der Waals surface area contributed by atoms with Gasteiger partial charge in [0.15, 0.2) is 0 Å². The Morgan fingerprint density at radius 3 is 3.06 bits per heavy atom. The summed E-state index contributed by atoms with van der Waals surface area (Å²) in [5.41, 5.74) is 1.27. The second-order valence-electron chi connectivity index (χ2n) is 3.95. The molecule has 0 bridgehead atoms. The number of nitrogens with one attached hydrogen (secondary N) is 1. The summed E-state index contributed by atoms with van der Waals surface area (Å²) in [7, 11) is 1.96. The summed E-state index contributed by atoms with van der Waals surface area (Å²) in [5, 5.41) is 3.15. The van der Waals surface area contributed by atoms with Crippen LogP contribution in [0.5, 0.6) is 0 Å². The van der Waals surface area contributed by atoms with Gasteiger partial charge < -0.3 is 9.88 Å². The molecule has 1 aromatic heterocycles. The number of likely N-dealkylation sites (N-methyl/N-ethyl adjacent to an activating group) is 1. The van der Waals surface area contributed by atoms with E-state index in [0.717, 1.165) is 29.8 Å². The van der Waals surface area contributed by atoms with Crippen LogP contribution in [-0.4, -0.2) is 23.1 Å². The van der Waals surface area contributed by atoms with E-state index in [9.17, 15) is 0 Å². The predicted octanol–water partition coefficient (Wildman–Crippen LogP) is 2.46. The smallest absolute Gasteiger partial charge is 0.113 e. The van der Waals surface area contributed by atoms with Gasteiger partial charge in [0.05, 0.1) is 0 Å². The van der Waals surface area contributed by atoms with Gasteiger partial charge in [0.2, 0.25) is 0 Å². The van der Waals surface area contributed by atoms with Gasteiger partial charge in [-0.1, -0.05) is 28.1 Å². The molecular weight excluding hydrogens is 278 g/mol. The van der Waals surface area contributed by atoms with Gasteiger partial charge in [0.1, 0.15) is 5.82 Å². The molecule has 1 heterocycles. The average Bonchev–Trinajstić information content (AvgIpc) is 2.74. The van der Waals surface area contributed by atoms with Crippen LogP contribution in [0.25, 0.3) is 0 Å². The summed E-state index contributed by atoms with van der Waals surface area (Å²) < 4.78 is 3.31. The molecule has 3 nitrogen and oxygen atoms in total. The molecule has 0 aliphatic heterocycles. The largest absolute Gasteiger partial charge is 0.333 e. The van der Waals surface area contributed by atoms with E-state index >= 15 is 0 Å². The monoisotopic (exact) mass is 293 g/mol. The highest BCUT2D eigenvalue weighted by molar-refractivity contribution is 9.10. The molecule has 0 saturated heterocycles. The maximum absolute atomic E-state index is 4.41. The minimum absolute atomic E-state index is 0.871. The van der Waals surface area contributed by atoms with Crippen LogP contribution in [0.4, 0.5) is 0 Å². The van der Waals surface area contributed by atoms with Crippen LogP contribution in [0.1, 0.15) is 11.4 Å². The van der Waals surface area contributed by atoms with Crippen molar-refractivity contribution in [1.29, 1.82) is 0 Å². The molecule has 0 amide bonds. The van der Waals surface area contributed by atoms with Crippen LogP contribution in [-0.2, 0) is 13.0 Å². The van der Waals surface area contributed by atoms with E-state index in [-0.39, 0.29) is 0 Å². The summed E-state index contributed by atoms with van der Waals surface area (Å²) in [6, 6.07) is 8.36. The fourth-order valence-electron chi connectivity index (χ4n) is 1.77. The maximum Gasteiger partial charge on any atom is 0.113 e. The van der Waals surface area contributed by atoms with E-state index in [1.54, 1.807) is 0 Å². The van der Waals surface area contributed by atoms with Crippen LogP contribution in [0.15, 0.2) is 41.1 Å². The number of nitrogens with zero attached hydrogens (tertiary/aromatic N) is 2. The Morgan fingerprint density at radius 2 is 2.29 bits per heavy atom. The molecule has 0 fully saturated rings. The summed E-state index contributed by atoms with van der Waals surface area (Å²) in [5.74, 6) is 1.11. The van der Waals surface area contributed by atoms with Crippen molar-refractivity contribution in [2.75, 3.05) is 13.6 Å². The Bertz CT molecular complexity index is 479. The highest BCUT2D eigenvalue weighted by Crippen LogP contribution is 2.14. The second-order valence-corrected chi connectivity index (χ2v) is 4.86. The first kappa shape index (κ1) is 12.3. The van der Waals surface area contributed by atoms with E-state index in [0.29, 0.717) is 0 Å². The molecule has 2 aromatic rings. The quantitative estimate of drug-likeness (QED) is 0.918. The van der Waals surface area contributed by atoms with Gasteiger partial charge in [-0.05, 0) is 24.7 Å². The molecule has 0 aliphatic rings. The van der Waals surface area contributed by atoms with E-state index in [1.807, 2.05) is 25.5 Å². The normalized spacial score (nSPS) is 10.7. The minimum Gasteiger partial charge on any atom is -0.333 e. The van der Waals surface area contributed by atoms with E-state index in [2.05, 4.69) is 49.0 Å². The fourth-order valence-corrected chi connectivity index (χ4v) is 2.22. The number of benzene rings is 1. The fraction of sp³-hybridized carbons (Fsp3) is 0.308. The lowest BCUT2D eigenvalue weighted by atomic mass is 10.1. The number of aromatic nitrogens is 2. The molecule has 0 unspecified atom stereocenters. The van der Waals surface area contributed by atoms with Crippen molar-refractivity contribution in [2.45, 2.75) is 13.0 Å². The van der Waals surface area contributed by atoms with E-state index in [1.165, 1.54) is 5.56 Å². The van der Waals surface area contributed by atoms with Crippen LogP contribution in [0, 0.1) is 0 Å². The van der Waals surface area contributed by atoms with Crippen LogP contribution >= 0.6 is 15.9 Å². The number of imidazole rings is 1. The van der Waals surface area contributed by atoms with Crippen molar-refractivity contribution in [3.63, 3.8) is 0 Å². The number of halogens is 1. The van der Waals surface area contributed by atoms with Gasteiger partial charge in [0.25, 0.3) is 0 Å². The summed E-state index contributed by atoms with van der Waals surface area (Å²) >= 11 is 3.49. The van der Waals surface area contributed by atoms with Crippen molar-refractivity contribution in [3.8, 4) is 0 Å². The van der Waals surface area contributed by atoms with Crippen LogP contribution in [0.3, 0.4) is 0 Å². The third-order valence-corrected chi connectivity index (χ3v) is 3.15. The third kappa shape index (κ3) is 3.41. The Balaban J connectivity index is 2.10. The van der Waals surface area contributed by atoms with Crippen LogP contribution < -0.4 is 5.32 Å². The molecule has 0 aliphatic carbocycles. The van der Waals surface area contributed by atoms with Gasteiger partial charge >= 0.3 is 0 Å². The zero-order valence-electron chi connectivity index (χ0n) is 9.86. The van der Waals surface area contributed by atoms with Crippen molar-refractivity contribution in [1.82, 2.24) is 14.9 Å². The molecular formula is C13H16BrN3. The molecule has 0 atom stereocenters. The van der Waals surface area contributed by atoms with E-state index in [4.69, 9.17) is 0 Å². The van der Waals surface area contributed by atoms with Gasteiger partial charge in [0, 0.05) is 36.4 Å². The molecule has 0 spiro atoms.